The van der Waals surface area contributed by atoms with Gasteiger partial charge in [-0.05, 0) is 37.5 Å². The van der Waals surface area contributed by atoms with Crippen LogP contribution in [0.1, 0.15) is 22.4 Å². The van der Waals surface area contributed by atoms with E-state index in [2.05, 4.69) is 106 Å². The van der Waals surface area contributed by atoms with E-state index in [0.29, 0.717) is 5.69 Å². The lowest BCUT2D eigenvalue weighted by atomic mass is 9.97. The van der Waals surface area contributed by atoms with Crippen molar-refractivity contribution in [2.24, 2.45) is 7.05 Å². The van der Waals surface area contributed by atoms with Crippen LogP contribution in [0.3, 0.4) is 0 Å². The number of benzene rings is 3. The average Bonchev–Trinajstić information content (AvgIpc) is 3.22. The number of hydrogen-bond acceptors (Lipinski definition) is 1. The molecule has 2 heterocycles. The van der Waals surface area contributed by atoms with Crippen molar-refractivity contribution in [3.8, 4) is 22.4 Å². The zero-order valence-corrected chi connectivity index (χ0v) is 23.5. The Balaban J connectivity index is 1.85. The number of pyridine rings is 1. The normalized spacial score (nSPS) is 11.9. The lowest BCUT2D eigenvalue weighted by Crippen LogP contribution is -2.37. The number of furan rings is 1. The van der Waals surface area contributed by atoms with Crippen LogP contribution in [0.2, 0.25) is 19.6 Å². The SMILES string of the molecule is [C-]#[N+]c1ccc2c(oc3c(-c4cc(C)c(C)c(C)[n+]4C)c(C)ccc32)c1-c1ccc([Si](C)(C)C)cc1. The summed E-state index contributed by atoms with van der Waals surface area (Å²) in [5.74, 6) is 0. The maximum absolute atomic E-state index is 7.88. The molecular formula is C32H33N2OSi+. The molecule has 0 N–H and O–H groups in total. The van der Waals surface area contributed by atoms with E-state index in [1.54, 1.807) is 0 Å². The second kappa shape index (κ2) is 8.46. The van der Waals surface area contributed by atoms with E-state index in [-0.39, 0.29) is 0 Å². The monoisotopic (exact) mass is 489 g/mol. The maximum Gasteiger partial charge on any atom is 0.216 e. The van der Waals surface area contributed by atoms with Crippen LogP contribution in [-0.2, 0) is 7.05 Å². The molecule has 3 nitrogen and oxygen atoms in total. The van der Waals surface area contributed by atoms with E-state index in [0.717, 1.165) is 44.3 Å². The Hall–Kier alpha value is -3.68. The van der Waals surface area contributed by atoms with Crippen LogP contribution >= 0.6 is 0 Å². The van der Waals surface area contributed by atoms with E-state index >= 15 is 0 Å². The number of nitrogens with zero attached hydrogens (tertiary/aromatic N) is 2. The second-order valence-corrected chi connectivity index (χ2v) is 16.1. The summed E-state index contributed by atoms with van der Waals surface area (Å²) in [7, 11) is 0.710. The average molecular weight is 490 g/mol. The summed E-state index contributed by atoms with van der Waals surface area (Å²) in [6, 6.07) is 19.3. The van der Waals surface area contributed by atoms with Crippen LogP contribution in [0.4, 0.5) is 5.69 Å². The van der Waals surface area contributed by atoms with Gasteiger partial charge in [0, 0.05) is 34.9 Å². The van der Waals surface area contributed by atoms with Gasteiger partial charge in [-0.15, -0.1) is 0 Å². The number of rotatable bonds is 3. The van der Waals surface area contributed by atoms with Crippen LogP contribution in [0.5, 0.6) is 0 Å². The quantitative estimate of drug-likeness (QED) is 0.143. The highest BCUT2D eigenvalue weighted by Crippen LogP contribution is 2.44. The van der Waals surface area contributed by atoms with Crippen molar-refractivity contribution in [3.63, 3.8) is 0 Å². The summed E-state index contributed by atoms with van der Waals surface area (Å²) in [4.78, 5) is 3.88. The summed E-state index contributed by atoms with van der Waals surface area (Å²) in [5.41, 5.74) is 11.4. The molecule has 0 bridgehead atoms. The molecular weight excluding hydrogens is 456 g/mol. The first-order chi connectivity index (χ1) is 17.0. The van der Waals surface area contributed by atoms with Gasteiger partial charge in [-0.1, -0.05) is 73.4 Å². The van der Waals surface area contributed by atoms with Gasteiger partial charge in [0.25, 0.3) is 0 Å². The smallest absolute Gasteiger partial charge is 0.216 e. The van der Waals surface area contributed by atoms with Gasteiger partial charge in [0.1, 0.15) is 18.2 Å². The molecule has 0 aliphatic heterocycles. The zero-order valence-electron chi connectivity index (χ0n) is 22.5. The molecule has 0 aliphatic carbocycles. The maximum atomic E-state index is 7.88. The molecule has 0 atom stereocenters. The van der Waals surface area contributed by atoms with Crippen LogP contribution in [0.25, 0.3) is 49.2 Å². The third kappa shape index (κ3) is 3.67. The van der Waals surface area contributed by atoms with Gasteiger partial charge >= 0.3 is 0 Å². The minimum atomic E-state index is -1.42. The van der Waals surface area contributed by atoms with Gasteiger partial charge in [0.15, 0.2) is 11.4 Å². The highest BCUT2D eigenvalue weighted by molar-refractivity contribution is 6.88. The van der Waals surface area contributed by atoms with Crippen LogP contribution in [-0.4, -0.2) is 8.07 Å². The third-order valence-corrected chi connectivity index (χ3v) is 9.83. The summed E-state index contributed by atoms with van der Waals surface area (Å²) >= 11 is 0. The number of aromatic nitrogens is 1. The highest BCUT2D eigenvalue weighted by atomic mass is 28.3. The predicted octanol–water partition coefficient (Wildman–Crippen LogP) is 8.07. The van der Waals surface area contributed by atoms with Gasteiger partial charge in [-0.2, -0.15) is 4.57 Å². The largest absolute Gasteiger partial charge is 0.456 e. The molecule has 3 aromatic carbocycles. The molecule has 0 spiro atoms. The Morgan fingerprint density at radius 1 is 0.778 bits per heavy atom. The first-order valence-electron chi connectivity index (χ1n) is 12.5. The number of aryl methyl sites for hydroxylation is 2. The Morgan fingerprint density at radius 3 is 2.00 bits per heavy atom. The molecule has 0 amide bonds. The molecule has 180 valence electrons. The van der Waals surface area contributed by atoms with Gasteiger partial charge in [0.05, 0.1) is 20.2 Å². The Labute approximate surface area is 214 Å². The Bertz CT molecular complexity index is 1710. The topological polar surface area (TPSA) is 21.4 Å². The van der Waals surface area contributed by atoms with Crippen molar-refractivity contribution in [3.05, 3.63) is 88.4 Å². The fourth-order valence-electron chi connectivity index (χ4n) is 5.19. The van der Waals surface area contributed by atoms with E-state index in [1.807, 2.05) is 12.1 Å². The molecule has 0 saturated heterocycles. The van der Waals surface area contributed by atoms with E-state index in [4.69, 9.17) is 11.0 Å². The first-order valence-corrected chi connectivity index (χ1v) is 16.0. The van der Waals surface area contributed by atoms with Gasteiger partial charge in [0.2, 0.25) is 5.69 Å². The van der Waals surface area contributed by atoms with Gasteiger partial charge < -0.3 is 4.42 Å². The fourth-order valence-corrected chi connectivity index (χ4v) is 6.35. The summed E-state index contributed by atoms with van der Waals surface area (Å²) in [6.45, 7) is 23.6. The van der Waals surface area contributed by atoms with Crippen molar-refractivity contribution < 1.29 is 8.98 Å². The van der Waals surface area contributed by atoms with Gasteiger partial charge in [-0.25, -0.2) is 4.85 Å². The molecule has 4 heteroatoms. The van der Waals surface area contributed by atoms with Crippen LogP contribution in [0.15, 0.2) is 59.0 Å². The molecule has 5 rings (SSSR count). The van der Waals surface area contributed by atoms with E-state index < -0.39 is 8.07 Å². The lowest BCUT2D eigenvalue weighted by molar-refractivity contribution is -0.667. The molecule has 0 fully saturated rings. The number of hydrogen-bond donors (Lipinski definition) is 0. The van der Waals surface area contributed by atoms with Crippen LogP contribution < -0.4 is 9.75 Å². The Kier molecular flexibility index (Phi) is 5.65. The zero-order chi connectivity index (χ0) is 25.9. The predicted molar refractivity (Wildman–Crippen MR) is 154 cm³/mol. The van der Waals surface area contributed by atoms with Crippen molar-refractivity contribution in [2.45, 2.75) is 47.3 Å². The van der Waals surface area contributed by atoms with E-state index in [1.165, 1.54) is 27.6 Å². The third-order valence-electron chi connectivity index (χ3n) is 7.76. The summed E-state index contributed by atoms with van der Waals surface area (Å²) in [5, 5.41) is 3.53. The van der Waals surface area contributed by atoms with Crippen molar-refractivity contribution in [1.82, 2.24) is 0 Å². The molecule has 2 aromatic heterocycles. The van der Waals surface area contributed by atoms with Crippen molar-refractivity contribution in [2.75, 3.05) is 0 Å². The fraction of sp³-hybridized carbons (Fsp3) is 0.250. The summed E-state index contributed by atoms with van der Waals surface area (Å²) in [6.07, 6.45) is 0. The summed E-state index contributed by atoms with van der Waals surface area (Å²) < 4.78 is 9.02. The molecule has 0 radical (unpaired) electrons. The number of fused-ring (bicyclic) bond motifs is 3. The minimum absolute atomic E-state index is 0.619. The molecule has 0 unspecified atom stereocenters. The molecule has 5 aromatic rings. The van der Waals surface area contributed by atoms with E-state index in [9.17, 15) is 0 Å². The first kappa shape index (κ1) is 24.0. The van der Waals surface area contributed by atoms with Crippen molar-refractivity contribution >= 4 is 40.9 Å². The van der Waals surface area contributed by atoms with Gasteiger partial charge in [-0.3, -0.25) is 0 Å². The van der Waals surface area contributed by atoms with Crippen LogP contribution in [0, 0.1) is 34.3 Å². The molecule has 0 saturated carbocycles. The highest BCUT2D eigenvalue weighted by Gasteiger charge is 2.25. The second-order valence-electron chi connectivity index (χ2n) is 11.0. The molecule has 0 aliphatic rings. The standard InChI is InChI=1S/C32H33N2OSi/c1-19-10-15-25-26-16-17-27(33-5)30(23-11-13-24(14-12-23)36(7,8)9)32(26)35-31(25)29(19)28-18-20(2)21(3)22(4)34(28)6/h10-18H,1-4,6-9H3/q+1. The lowest BCUT2D eigenvalue weighted by Gasteiger charge is -2.17. The Morgan fingerprint density at radius 2 is 1.39 bits per heavy atom. The molecule has 36 heavy (non-hydrogen) atoms. The minimum Gasteiger partial charge on any atom is -0.456 e. The van der Waals surface area contributed by atoms with Crippen molar-refractivity contribution in [1.29, 1.82) is 0 Å².